The topological polar surface area (TPSA) is 58.1 Å². The van der Waals surface area contributed by atoms with Crippen molar-refractivity contribution < 1.29 is 4.79 Å². The van der Waals surface area contributed by atoms with Gasteiger partial charge in [-0.2, -0.15) is 0 Å². The highest BCUT2D eigenvalue weighted by Crippen LogP contribution is 2.19. The van der Waals surface area contributed by atoms with E-state index in [2.05, 4.69) is 15.3 Å². The molecule has 1 atom stereocenters. The van der Waals surface area contributed by atoms with Gasteiger partial charge in [-0.15, -0.1) is 11.3 Å². The number of aryl methyl sites for hydroxylation is 2. The van der Waals surface area contributed by atoms with Crippen molar-refractivity contribution in [1.82, 2.24) is 20.2 Å². The van der Waals surface area contributed by atoms with E-state index in [1.165, 1.54) is 4.88 Å². The smallest absolute Gasteiger partial charge is 0.223 e. The van der Waals surface area contributed by atoms with Gasteiger partial charge in [-0.1, -0.05) is 6.07 Å². The standard InChI is InChI=1S/C18H24N4OS/c1-14-17(24-13-21-14)12-22(11-15-7-9-19-10-15)18(23)6-5-16-4-2-3-8-20-16/h2-4,8,13,15,19H,5-7,9-12H2,1H3. The quantitative estimate of drug-likeness (QED) is 0.838. The van der Waals surface area contributed by atoms with Gasteiger partial charge >= 0.3 is 0 Å². The van der Waals surface area contributed by atoms with Gasteiger partial charge in [0.15, 0.2) is 0 Å². The summed E-state index contributed by atoms with van der Waals surface area (Å²) >= 11 is 1.63. The first-order chi connectivity index (χ1) is 11.7. The fourth-order valence-electron chi connectivity index (χ4n) is 3.03. The van der Waals surface area contributed by atoms with Crippen molar-refractivity contribution in [3.05, 3.63) is 46.2 Å². The van der Waals surface area contributed by atoms with Gasteiger partial charge in [-0.05, 0) is 50.9 Å². The monoisotopic (exact) mass is 344 g/mol. The van der Waals surface area contributed by atoms with Gasteiger partial charge < -0.3 is 10.2 Å². The van der Waals surface area contributed by atoms with E-state index in [1.54, 1.807) is 17.5 Å². The zero-order chi connectivity index (χ0) is 16.8. The van der Waals surface area contributed by atoms with Crippen molar-refractivity contribution in [2.75, 3.05) is 19.6 Å². The van der Waals surface area contributed by atoms with Crippen LogP contribution >= 0.6 is 11.3 Å². The number of pyridine rings is 1. The van der Waals surface area contributed by atoms with Crippen LogP contribution in [0.3, 0.4) is 0 Å². The molecular weight excluding hydrogens is 320 g/mol. The summed E-state index contributed by atoms with van der Waals surface area (Å²) in [6.45, 7) is 5.57. The number of hydrogen-bond acceptors (Lipinski definition) is 5. The Morgan fingerprint density at radius 3 is 3.00 bits per heavy atom. The number of nitrogens with one attached hydrogen (secondary N) is 1. The molecule has 0 bridgehead atoms. The van der Waals surface area contributed by atoms with Crippen LogP contribution in [0.25, 0.3) is 0 Å². The zero-order valence-corrected chi connectivity index (χ0v) is 14.9. The number of hydrogen-bond donors (Lipinski definition) is 1. The van der Waals surface area contributed by atoms with Crippen LogP contribution in [0.15, 0.2) is 29.9 Å². The molecule has 1 aliphatic heterocycles. The zero-order valence-electron chi connectivity index (χ0n) is 14.1. The number of aromatic nitrogens is 2. The van der Waals surface area contributed by atoms with Gasteiger partial charge in [0.05, 0.1) is 17.7 Å². The minimum Gasteiger partial charge on any atom is -0.337 e. The Morgan fingerprint density at radius 1 is 1.42 bits per heavy atom. The molecule has 128 valence electrons. The van der Waals surface area contributed by atoms with E-state index in [-0.39, 0.29) is 5.91 Å². The summed E-state index contributed by atoms with van der Waals surface area (Å²) in [5.74, 6) is 0.761. The van der Waals surface area contributed by atoms with Crippen LogP contribution in [0, 0.1) is 12.8 Å². The first kappa shape index (κ1) is 17.0. The molecule has 1 aliphatic rings. The molecule has 1 N–H and O–H groups in total. The minimum atomic E-state index is 0.209. The van der Waals surface area contributed by atoms with E-state index in [0.29, 0.717) is 25.3 Å². The van der Waals surface area contributed by atoms with E-state index < -0.39 is 0 Å². The Labute approximate surface area is 147 Å². The summed E-state index contributed by atoms with van der Waals surface area (Å²) in [6.07, 6.45) is 4.13. The number of rotatable bonds is 7. The molecule has 0 saturated carbocycles. The highest BCUT2D eigenvalue weighted by atomic mass is 32.1. The summed E-state index contributed by atoms with van der Waals surface area (Å²) < 4.78 is 0. The Hall–Kier alpha value is -1.79. The lowest BCUT2D eigenvalue weighted by molar-refractivity contribution is -0.132. The van der Waals surface area contributed by atoms with Crippen molar-refractivity contribution in [2.45, 2.75) is 32.7 Å². The van der Waals surface area contributed by atoms with Gasteiger partial charge in [0.1, 0.15) is 0 Å². The predicted octanol–water partition coefficient (Wildman–Crippen LogP) is 2.42. The van der Waals surface area contributed by atoms with Crippen LogP contribution in [0.1, 0.15) is 29.1 Å². The summed E-state index contributed by atoms with van der Waals surface area (Å²) in [6, 6.07) is 5.85. The summed E-state index contributed by atoms with van der Waals surface area (Å²) in [4.78, 5) is 24.6. The third kappa shape index (κ3) is 4.61. The molecule has 2 aromatic heterocycles. The lowest BCUT2D eigenvalue weighted by atomic mass is 10.1. The molecule has 1 saturated heterocycles. The maximum Gasteiger partial charge on any atom is 0.223 e. The molecular formula is C18H24N4OS. The number of carbonyl (C=O) groups excluding carboxylic acids is 1. The van der Waals surface area contributed by atoms with Gasteiger partial charge in [0.25, 0.3) is 0 Å². The third-order valence-corrected chi connectivity index (χ3v) is 5.41. The van der Waals surface area contributed by atoms with Crippen molar-refractivity contribution in [3.8, 4) is 0 Å². The Morgan fingerprint density at radius 2 is 2.33 bits per heavy atom. The van der Waals surface area contributed by atoms with Crippen LogP contribution in [0.5, 0.6) is 0 Å². The van der Waals surface area contributed by atoms with E-state index in [4.69, 9.17) is 0 Å². The van der Waals surface area contributed by atoms with Crippen LogP contribution in [-0.2, 0) is 17.8 Å². The molecule has 0 aliphatic carbocycles. The van der Waals surface area contributed by atoms with E-state index in [0.717, 1.165) is 37.4 Å². The van der Waals surface area contributed by atoms with Crippen LogP contribution in [0.4, 0.5) is 0 Å². The number of nitrogens with zero attached hydrogens (tertiary/aromatic N) is 3. The molecule has 0 radical (unpaired) electrons. The number of amides is 1. The van der Waals surface area contributed by atoms with Gasteiger partial charge in [-0.25, -0.2) is 4.98 Å². The molecule has 6 heteroatoms. The van der Waals surface area contributed by atoms with E-state index >= 15 is 0 Å². The second kappa shape index (κ2) is 8.35. The maximum atomic E-state index is 12.8. The number of thiazole rings is 1. The molecule has 3 rings (SSSR count). The van der Waals surface area contributed by atoms with Crippen molar-refractivity contribution in [2.24, 2.45) is 5.92 Å². The highest BCUT2D eigenvalue weighted by molar-refractivity contribution is 7.09. The molecule has 24 heavy (non-hydrogen) atoms. The highest BCUT2D eigenvalue weighted by Gasteiger charge is 2.22. The van der Waals surface area contributed by atoms with Crippen molar-refractivity contribution in [3.63, 3.8) is 0 Å². The third-order valence-electron chi connectivity index (χ3n) is 4.49. The Balaban J connectivity index is 1.63. The summed E-state index contributed by atoms with van der Waals surface area (Å²) in [7, 11) is 0. The molecule has 0 spiro atoms. The van der Waals surface area contributed by atoms with E-state index in [1.807, 2.05) is 35.5 Å². The normalized spacial score (nSPS) is 17.1. The molecule has 5 nitrogen and oxygen atoms in total. The average molecular weight is 344 g/mol. The van der Waals surface area contributed by atoms with Crippen LogP contribution in [0.2, 0.25) is 0 Å². The maximum absolute atomic E-state index is 12.8. The Kier molecular flexibility index (Phi) is 5.93. The summed E-state index contributed by atoms with van der Waals surface area (Å²) in [5.41, 5.74) is 3.87. The molecule has 3 heterocycles. The molecule has 1 fully saturated rings. The SMILES string of the molecule is Cc1ncsc1CN(CC1CCNC1)C(=O)CCc1ccccn1. The molecule has 1 unspecified atom stereocenters. The molecule has 1 amide bonds. The van der Waals surface area contributed by atoms with Crippen LogP contribution < -0.4 is 5.32 Å². The van der Waals surface area contributed by atoms with E-state index in [9.17, 15) is 4.79 Å². The van der Waals surface area contributed by atoms with Gasteiger partial charge in [-0.3, -0.25) is 9.78 Å². The lowest BCUT2D eigenvalue weighted by Gasteiger charge is -2.25. The van der Waals surface area contributed by atoms with Crippen LogP contribution in [-0.4, -0.2) is 40.4 Å². The average Bonchev–Trinajstić information content (AvgIpc) is 3.25. The fraction of sp³-hybridized carbons (Fsp3) is 0.500. The summed E-state index contributed by atoms with van der Waals surface area (Å²) in [5, 5.41) is 3.39. The van der Waals surface area contributed by atoms with Crippen molar-refractivity contribution in [1.29, 1.82) is 0 Å². The second-order valence-corrected chi connectivity index (χ2v) is 7.25. The fourth-order valence-corrected chi connectivity index (χ4v) is 3.82. The lowest BCUT2D eigenvalue weighted by Crippen LogP contribution is -2.35. The predicted molar refractivity (Wildman–Crippen MR) is 95.8 cm³/mol. The number of carbonyl (C=O) groups is 1. The van der Waals surface area contributed by atoms with Crippen molar-refractivity contribution >= 4 is 17.2 Å². The Bertz CT molecular complexity index is 652. The largest absolute Gasteiger partial charge is 0.337 e. The first-order valence-electron chi connectivity index (χ1n) is 8.49. The van der Waals surface area contributed by atoms with Gasteiger partial charge in [0, 0.05) is 29.7 Å². The molecule has 0 aromatic carbocycles. The first-order valence-corrected chi connectivity index (χ1v) is 9.37. The second-order valence-electron chi connectivity index (χ2n) is 6.32. The molecule has 2 aromatic rings. The minimum absolute atomic E-state index is 0.209. The van der Waals surface area contributed by atoms with Gasteiger partial charge in [0.2, 0.25) is 5.91 Å².